The van der Waals surface area contributed by atoms with E-state index in [1.54, 1.807) is 13.0 Å². The topological polar surface area (TPSA) is 26.3 Å². The lowest BCUT2D eigenvalue weighted by Crippen LogP contribution is -2.20. The molecule has 5 heteroatoms. The van der Waals surface area contributed by atoms with Gasteiger partial charge in [-0.1, -0.05) is 27.5 Å². The van der Waals surface area contributed by atoms with Crippen LogP contribution in [0.4, 0.5) is 0 Å². The Balaban J connectivity index is 2.72. The number of ether oxygens (including phenoxy) is 1. The highest BCUT2D eigenvalue weighted by molar-refractivity contribution is 9.10. The molecule has 0 spiro atoms. The summed E-state index contributed by atoms with van der Waals surface area (Å²) in [6.45, 7) is 2.07. The summed E-state index contributed by atoms with van der Waals surface area (Å²) in [6, 6.07) is 5.44. The van der Waals surface area contributed by atoms with Crippen LogP contribution in [0, 0.1) is 0 Å². The Bertz CT molecular complexity index is 382. The van der Waals surface area contributed by atoms with Crippen LogP contribution in [0.25, 0.3) is 0 Å². The van der Waals surface area contributed by atoms with Crippen molar-refractivity contribution in [3.63, 3.8) is 0 Å². The Hall–Kier alpha value is -0.250. The zero-order valence-corrected chi connectivity index (χ0v) is 11.8. The van der Waals surface area contributed by atoms with Crippen LogP contribution in [0.5, 0.6) is 0 Å². The summed E-state index contributed by atoms with van der Waals surface area (Å²) >= 11 is 15.2. The van der Waals surface area contributed by atoms with Gasteiger partial charge in [-0.25, -0.2) is 0 Å². The molecule has 1 aromatic rings. The highest BCUT2D eigenvalue weighted by Crippen LogP contribution is 2.23. The van der Waals surface area contributed by atoms with E-state index in [1.807, 2.05) is 12.1 Å². The van der Waals surface area contributed by atoms with Crippen LogP contribution in [0.3, 0.4) is 0 Å². The predicted molar refractivity (Wildman–Crippen MR) is 69.1 cm³/mol. The van der Waals surface area contributed by atoms with Crippen molar-refractivity contribution in [1.82, 2.24) is 0 Å². The molecule has 1 rings (SSSR count). The van der Waals surface area contributed by atoms with Gasteiger partial charge in [-0.3, -0.25) is 4.79 Å². The largest absolute Gasteiger partial charge is 0.465 e. The summed E-state index contributed by atoms with van der Waals surface area (Å²) < 4.78 is 5.72. The first-order chi connectivity index (χ1) is 7.54. The Kier molecular flexibility index (Phi) is 5.59. The van der Waals surface area contributed by atoms with E-state index < -0.39 is 11.3 Å². The van der Waals surface area contributed by atoms with E-state index >= 15 is 0 Å². The lowest BCUT2D eigenvalue weighted by molar-refractivity contribution is -0.142. The van der Waals surface area contributed by atoms with Gasteiger partial charge in [0.25, 0.3) is 0 Å². The van der Waals surface area contributed by atoms with E-state index in [-0.39, 0.29) is 0 Å². The molecule has 2 nitrogen and oxygen atoms in total. The van der Waals surface area contributed by atoms with Crippen LogP contribution in [-0.2, 0) is 16.0 Å². The fourth-order valence-corrected chi connectivity index (χ4v) is 2.04. The fraction of sp³-hybridized carbons (Fsp3) is 0.364. The summed E-state index contributed by atoms with van der Waals surface area (Å²) in [7, 11) is 0. The molecule has 0 N–H and O–H groups in total. The standard InChI is InChI=1S/C11H11BrCl2O2/c1-2-16-11(15)10(14)6-7-5-8(12)3-4-9(7)13/h3-5,10H,2,6H2,1H3. The fourth-order valence-electron chi connectivity index (χ4n) is 1.21. The van der Waals surface area contributed by atoms with Gasteiger partial charge in [0.05, 0.1) is 6.61 Å². The first-order valence-electron chi connectivity index (χ1n) is 4.79. The van der Waals surface area contributed by atoms with E-state index in [2.05, 4.69) is 15.9 Å². The van der Waals surface area contributed by atoms with Gasteiger partial charge in [-0.2, -0.15) is 0 Å². The lowest BCUT2D eigenvalue weighted by Gasteiger charge is -2.10. The number of carbonyl (C=O) groups excluding carboxylic acids is 1. The van der Waals surface area contributed by atoms with Crippen LogP contribution in [0.2, 0.25) is 5.02 Å². The molecular formula is C11H11BrCl2O2. The summed E-state index contributed by atoms with van der Waals surface area (Å²) in [5, 5.41) is -0.107. The van der Waals surface area contributed by atoms with Gasteiger partial charge in [-0.15, -0.1) is 11.6 Å². The van der Waals surface area contributed by atoms with E-state index in [4.69, 9.17) is 27.9 Å². The van der Waals surface area contributed by atoms with Crippen molar-refractivity contribution in [2.45, 2.75) is 18.7 Å². The normalized spacial score (nSPS) is 12.2. The van der Waals surface area contributed by atoms with Crippen molar-refractivity contribution in [3.8, 4) is 0 Å². The Labute approximate surface area is 113 Å². The minimum Gasteiger partial charge on any atom is -0.465 e. The van der Waals surface area contributed by atoms with Gasteiger partial charge in [-0.05, 0) is 30.7 Å². The third-order valence-electron chi connectivity index (χ3n) is 1.95. The zero-order chi connectivity index (χ0) is 12.1. The molecule has 0 radical (unpaired) electrons. The van der Waals surface area contributed by atoms with Gasteiger partial charge in [0.2, 0.25) is 0 Å². The van der Waals surface area contributed by atoms with Crippen LogP contribution >= 0.6 is 39.1 Å². The molecule has 0 bridgehead atoms. The van der Waals surface area contributed by atoms with Crippen molar-refractivity contribution >= 4 is 45.1 Å². The molecule has 0 aliphatic carbocycles. The smallest absolute Gasteiger partial charge is 0.324 e. The molecule has 0 amide bonds. The lowest BCUT2D eigenvalue weighted by atomic mass is 10.1. The molecule has 1 aromatic carbocycles. The molecule has 0 aromatic heterocycles. The van der Waals surface area contributed by atoms with E-state index in [9.17, 15) is 4.79 Å². The van der Waals surface area contributed by atoms with Crippen molar-refractivity contribution in [1.29, 1.82) is 0 Å². The first-order valence-corrected chi connectivity index (χ1v) is 6.40. The second-order valence-electron chi connectivity index (χ2n) is 3.16. The molecule has 0 aliphatic heterocycles. The maximum atomic E-state index is 11.3. The first kappa shape index (κ1) is 13.8. The van der Waals surface area contributed by atoms with Gasteiger partial charge < -0.3 is 4.74 Å². The molecule has 1 unspecified atom stereocenters. The predicted octanol–water partition coefficient (Wildman–Crippen LogP) is 3.82. The average Bonchev–Trinajstić information content (AvgIpc) is 2.23. The second kappa shape index (κ2) is 6.48. The minimum absolute atomic E-state index is 0.328. The van der Waals surface area contributed by atoms with Gasteiger partial charge in [0.1, 0.15) is 5.38 Å². The number of carbonyl (C=O) groups is 1. The Morgan fingerprint density at radius 1 is 1.56 bits per heavy atom. The molecule has 1 atom stereocenters. The van der Waals surface area contributed by atoms with Crippen LogP contribution < -0.4 is 0 Å². The van der Waals surface area contributed by atoms with Gasteiger partial charge in [0.15, 0.2) is 0 Å². The average molecular weight is 326 g/mol. The molecular weight excluding hydrogens is 315 g/mol. The summed E-state index contributed by atoms with van der Waals surface area (Å²) in [5.41, 5.74) is 0.823. The minimum atomic E-state index is -0.702. The molecule has 0 saturated carbocycles. The number of benzene rings is 1. The second-order valence-corrected chi connectivity index (χ2v) is 5.01. The Morgan fingerprint density at radius 3 is 2.88 bits per heavy atom. The highest BCUT2D eigenvalue weighted by Gasteiger charge is 2.18. The number of esters is 1. The Morgan fingerprint density at radius 2 is 2.25 bits per heavy atom. The summed E-state index contributed by atoms with van der Waals surface area (Å²) in [6.07, 6.45) is 0.360. The van der Waals surface area contributed by atoms with Crippen molar-refractivity contribution < 1.29 is 9.53 Å². The van der Waals surface area contributed by atoms with Gasteiger partial charge >= 0.3 is 5.97 Å². The van der Waals surface area contributed by atoms with E-state index in [1.165, 1.54) is 0 Å². The molecule has 88 valence electrons. The number of alkyl halides is 1. The van der Waals surface area contributed by atoms with Crippen LogP contribution in [0.15, 0.2) is 22.7 Å². The van der Waals surface area contributed by atoms with Crippen molar-refractivity contribution in [3.05, 3.63) is 33.3 Å². The molecule has 16 heavy (non-hydrogen) atoms. The zero-order valence-electron chi connectivity index (χ0n) is 8.67. The highest BCUT2D eigenvalue weighted by atomic mass is 79.9. The molecule has 0 fully saturated rings. The number of rotatable bonds is 4. The van der Waals surface area contributed by atoms with E-state index in [0.717, 1.165) is 10.0 Å². The number of hydrogen-bond acceptors (Lipinski definition) is 2. The maximum absolute atomic E-state index is 11.3. The van der Waals surface area contributed by atoms with Crippen molar-refractivity contribution in [2.75, 3.05) is 6.61 Å². The number of halogens is 3. The van der Waals surface area contributed by atoms with Gasteiger partial charge in [0, 0.05) is 15.9 Å². The SMILES string of the molecule is CCOC(=O)C(Cl)Cc1cc(Br)ccc1Cl. The molecule has 0 aliphatic rings. The van der Waals surface area contributed by atoms with Crippen LogP contribution in [0.1, 0.15) is 12.5 Å². The maximum Gasteiger partial charge on any atom is 0.324 e. The van der Waals surface area contributed by atoms with E-state index in [0.29, 0.717) is 18.1 Å². The summed E-state index contributed by atoms with van der Waals surface area (Å²) in [5.74, 6) is -0.416. The third kappa shape index (κ3) is 3.96. The summed E-state index contributed by atoms with van der Waals surface area (Å²) in [4.78, 5) is 11.3. The number of hydrogen-bond donors (Lipinski definition) is 0. The third-order valence-corrected chi connectivity index (χ3v) is 3.14. The quantitative estimate of drug-likeness (QED) is 0.621. The monoisotopic (exact) mass is 324 g/mol. The van der Waals surface area contributed by atoms with Crippen molar-refractivity contribution in [2.24, 2.45) is 0 Å². The molecule has 0 heterocycles. The van der Waals surface area contributed by atoms with Crippen LogP contribution in [-0.4, -0.2) is 18.0 Å². The molecule has 0 saturated heterocycles.